The minimum Gasteiger partial charge on any atom is -0.297 e. The Kier molecular flexibility index (Phi) is 5.97. The number of Topliss-reactive ketones (excluding diaryl/α,β-unsaturated/α-hetero) is 1. The van der Waals surface area contributed by atoms with Crippen molar-refractivity contribution in [2.24, 2.45) is 5.16 Å². The average Bonchev–Trinajstić information content (AvgIpc) is 2.71. The monoisotopic (exact) mass is 378 g/mol. The van der Waals surface area contributed by atoms with Crippen molar-refractivity contribution in [2.75, 3.05) is 5.32 Å². The van der Waals surface area contributed by atoms with Gasteiger partial charge in [-0.05, 0) is 24.3 Å². The Balaban J connectivity index is 1.81. The Labute approximate surface area is 161 Å². The zero-order chi connectivity index (χ0) is 19.1. The van der Waals surface area contributed by atoms with Gasteiger partial charge in [-0.15, -0.1) is 0 Å². The molecule has 3 aromatic carbocycles. The lowest BCUT2D eigenvalue weighted by atomic mass is 10.0. The third-order valence-corrected chi connectivity index (χ3v) is 3.86. The highest BCUT2D eigenvalue weighted by molar-refractivity contribution is 6.51. The van der Waals surface area contributed by atoms with Crippen LogP contribution in [0.25, 0.3) is 0 Å². The maximum atomic E-state index is 12.8. The Bertz CT molecular complexity index is 956. The summed E-state index contributed by atoms with van der Waals surface area (Å²) < 4.78 is 0. The highest BCUT2D eigenvalue weighted by atomic mass is 35.5. The van der Waals surface area contributed by atoms with Crippen molar-refractivity contribution < 1.29 is 14.4 Å². The van der Waals surface area contributed by atoms with Gasteiger partial charge >= 0.3 is 6.09 Å². The fraction of sp³-hybridized carbons (Fsp3) is 0. The van der Waals surface area contributed by atoms with Crippen molar-refractivity contribution in [3.8, 4) is 0 Å². The summed E-state index contributed by atoms with van der Waals surface area (Å²) in [5.74, 6) is -0.346. The molecule has 0 radical (unpaired) electrons. The maximum absolute atomic E-state index is 12.8. The van der Waals surface area contributed by atoms with E-state index >= 15 is 0 Å². The second kappa shape index (κ2) is 8.78. The lowest BCUT2D eigenvalue weighted by Crippen LogP contribution is -2.19. The first-order valence-electron chi connectivity index (χ1n) is 8.10. The largest absolute Gasteiger partial charge is 0.437 e. The van der Waals surface area contributed by atoms with Gasteiger partial charge in [0.1, 0.15) is 0 Å². The molecule has 0 heterocycles. The fourth-order valence-corrected chi connectivity index (χ4v) is 2.43. The van der Waals surface area contributed by atoms with Gasteiger partial charge in [-0.2, -0.15) is 0 Å². The van der Waals surface area contributed by atoms with Crippen molar-refractivity contribution in [3.63, 3.8) is 0 Å². The molecule has 0 aliphatic carbocycles. The number of hydrogen-bond donors (Lipinski definition) is 1. The van der Waals surface area contributed by atoms with E-state index in [1.54, 1.807) is 72.8 Å². The summed E-state index contributed by atoms with van der Waals surface area (Å²) in [7, 11) is 0. The van der Waals surface area contributed by atoms with E-state index in [0.29, 0.717) is 21.8 Å². The molecule has 6 heteroatoms. The molecule has 0 atom stereocenters. The van der Waals surface area contributed by atoms with Crippen molar-refractivity contribution in [2.45, 2.75) is 0 Å². The van der Waals surface area contributed by atoms with E-state index in [1.807, 2.05) is 12.1 Å². The van der Waals surface area contributed by atoms with Gasteiger partial charge in [-0.25, -0.2) is 4.79 Å². The molecule has 27 heavy (non-hydrogen) atoms. The van der Waals surface area contributed by atoms with E-state index < -0.39 is 6.09 Å². The van der Waals surface area contributed by atoms with Gasteiger partial charge in [0.15, 0.2) is 5.71 Å². The van der Waals surface area contributed by atoms with Crippen LogP contribution in [0.2, 0.25) is 5.02 Å². The Morgan fingerprint density at radius 3 is 1.93 bits per heavy atom. The van der Waals surface area contributed by atoms with Gasteiger partial charge < -0.3 is 0 Å². The number of carbonyl (C=O) groups excluding carboxylic acids is 2. The standard InChI is InChI=1S/C21H15ClN2O3/c22-17-11-13-18(14-12-17)23-21(26)27-24-19(15-7-3-1-4-8-15)20(25)16-9-5-2-6-10-16/h1-14H,(H,23,26). The predicted molar refractivity (Wildman–Crippen MR) is 105 cm³/mol. The van der Waals surface area contributed by atoms with Gasteiger partial charge in [0, 0.05) is 21.8 Å². The van der Waals surface area contributed by atoms with Crippen LogP contribution in [0.15, 0.2) is 90.1 Å². The smallest absolute Gasteiger partial charge is 0.297 e. The number of hydrogen-bond acceptors (Lipinski definition) is 4. The molecule has 1 N–H and O–H groups in total. The van der Waals surface area contributed by atoms with Crippen LogP contribution in [0.4, 0.5) is 10.5 Å². The Morgan fingerprint density at radius 1 is 0.778 bits per heavy atom. The number of halogens is 1. The van der Waals surface area contributed by atoms with Crippen LogP contribution in [0, 0.1) is 0 Å². The molecule has 0 saturated carbocycles. The van der Waals surface area contributed by atoms with Gasteiger partial charge in [0.25, 0.3) is 0 Å². The Morgan fingerprint density at radius 2 is 1.33 bits per heavy atom. The van der Waals surface area contributed by atoms with Crippen molar-refractivity contribution >= 4 is 34.9 Å². The number of anilines is 1. The fourth-order valence-electron chi connectivity index (χ4n) is 2.31. The van der Waals surface area contributed by atoms with Crippen LogP contribution in [0.5, 0.6) is 0 Å². The summed E-state index contributed by atoms with van der Waals surface area (Å²) in [5, 5.41) is 6.88. The first-order chi connectivity index (χ1) is 13.1. The average molecular weight is 379 g/mol. The van der Waals surface area contributed by atoms with Crippen LogP contribution in [0.3, 0.4) is 0 Å². The predicted octanol–water partition coefficient (Wildman–Crippen LogP) is 5.18. The zero-order valence-electron chi connectivity index (χ0n) is 14.1. The number of rotatable bonds is 5. The molecule has 0 bridgehead atoms. The molecule has 3 rings (SSSR count). The number of nitrogens with zero attached hydrogens (tertiary/aromatic N) is 1. The third kappa shape index (κ3) is 5.03. The zero-order valence-corrected chi connectivity index (χ0v) is 14.9. The van der Waals surface area contributed by atoms with Gasteiger partial charge in [0.05, 0.1) is 0 Å². The summed E-state index contributed by atoms with van der Waals surface area (Å²) in [6.45, 7) is 0. The maximum Gasteiger partial charge on any atom is 0.437 e. The minimum absolute atomic E-state index is 0.0352. The molecule has 5 nitrogen and oxygen atoms in total. The molecular weight excluding hydrogens is 364 g/mol. The van der Waals surface area contributed by atoms with Gasteiger partial charge in [-0.3, -0.25) is 14.9 Å². The highest BCUT2D eigenvalue weighted by Crippen LogP contribution is 2.14. The Hall–Kier alpha value is -3.44. The third-order valence-electron chi connectivity index (χ3n) is 3.61. The second-order valence-corrected chi connectivity index (χ2v) is 5.95. The number of nitrogens with one attached hydrogen (secondary N) is 1. The molecule has 0 saturated heterocycles. The number of carbonyl (C=O) groups is 2. The van der Waals surface area contributed by atoms with Gasteiger partial charge in [0.2, 0.25) is 5.78 Å². The molecule has 0 aliphatic rings. The first-order valence-corrected chi connectivity index (χ1v) is 8.48. The lowest BCUT2D eigenvalue weighted by Gasteiger charge is -2.07. The number of amides is 1. The quantitative estimate of drug-likeness (QED) is 0.288. The van der Waals surface area contributed by atoms with E-state index in [2.05, 4.69) is 10.5 Å². The summed E-state index contributed by atoms with van der Waals surface area (Å²) in [5.41, 5.74) is 1.52. The van der Waals surface area contributed by atoms with E-state index in [4.69, 9.17) is 16.4 Å². The highest BCUT2D eigenvalue weighted by Gasteiger charge is 2.18. The normalized spacial score (nSPS) is 10.9. The van der Waals surface area contributed by atoms with Crippen LogP contribution >= 0.6 is 11.6 Å². The summed E-state index contributed by atoms with van der Waals surface area (Å²) in [6, 6.07) is 24.0. The van der Waals surface area contributed by atoms with Crippen LogP contribution in [-0.4, -0.2) is 17.6 Å². The molecule has 0 aliphatic heterocycles. The first kappa shape index (κ1) is 18.4. The van der Waals surface area contributed by atoms with E-state index in [9.17, 15) is 9.59 Å². The number of benzene rings is 3. The molecule has 0 aromatic heterocycles. The topological polar surface area (TPSA) is 67.8 Å². The molecular formula is C21H15ClN2O3. The number of ketones is 1. The minimum atomic E-state index is -0.813. The van der Waals surface area contributed by atoms with Crippen LogP contribution in [0.1, 0.15) is 15.9 Å². The lowest BCUT2D eigenvalue weighted by molar-refractivity contribution is 0.106. The number of oxime groups is 1. The van der Waals surface area contributed by atoms with Crippen molar-refractivity contribution in [1.82, 2.24) is 0 Å². The molecule has 134 valence electrons. The van der Waals surface area contributed by atoms with E-state index in [0.717, 1.165) is 0 Å². The van der Waals surface area contributed by atoms with E-state index in [1.165, 1.54) is 0 Å². The summed E-state index contributed by atoms with van der Waals surface area (Å²) in [4.78, 5) is 29.7. The van der Waals surface area contributed by atoms with Crippen molar-refractivity contribution in [3.05, 3.63) is 101 Å². The molecule has 0 unspecified atom stereocenters. The SMILES string of the molecule is O=C(Nc1ccc(Cl)cc1)ON=C(C(=O)c1ccccc1)c1ccccc1. The van der Waals surface area contributed by atoms with Crippen LogP contribution < -0.4 is 5.32 Å². The van der Waals surface area contributed by atoms with Gasteiger partial charge in [-0.1, -0.05) is 77.4 Å². The van der Waals surface area contributed by atoms with E-state index in [-0.39, 0.29) is 11.5 Å². The molecule has 0 spiro atoms. The second-order valence-electron chi connectivity index (χ2n) is 5.51. The summed E-state index contributed by atoms with van der Waals surface area (Å²) in [6.07, 6.45) is -0.813. The molecule has 1 amide bonds. The van der Waals surface area contributed by atoms with Crippen LogP contribution in [-0.2, 0) is 4.84 Å². The van der Waals surface area contributed by atoms with Crippen molar-refractivity contribution in [1.29, 1.82) is 0 Å². The molecule has 0 fully saturated rings. The summed E-state index contributed by atoms with van der Waals surface area (Å²) >= 11 is 5.81. The molecule has 3 aromatic rings.